The molecule has 0 fully saturated rings. The van der Waals surface area contributed by atoms with Crippen LogP contribution in [-0.2, 0) is 7.05 Å². The largest absolute Gasteiger partial charge is 0.382 e. The van der Waals surface area contributed by atoms with Crippen LogP contribution in [0.25, 0.3) is 11.4 Å². The average Bonchev–Trinajstić information content (AvgIpc) is 2.82. The summed E-state index contributed by atoms with van der Waals surface area (Å²) in [4.78, 5) is 0. The Bertz CT molecular complexity index is 586. The lowest BCUT2D eigenvalue weighted by atomic mass is 10.2. The van der Waals surface area contributed by atoms with Gasteiger partial charge in [-0.2, -0.15) is 11.8 Å². The highest BCUT2D eigenvalue weighted by Crippen LogP contribution is 2.25. The molecule has 1 atom stereocenters. The number of nitrogens with zero attached hydrogens (tertiary/aromatic N) is 3. The molecule has 0 saturated carbocycles. The molecule has 0 spiro atoms. The second-order valence-corrected chi connectivity index (χ2v) is 8.16. The minimum Gasteiger partial charge on any atom is -0.382 e. The molecule has 1 N–H and O–H groups in total. The van der Waals surface area contributed by atoms with Crippen molar-refractivity contribution in [2.75, 3.05) is 11.1 Å². The van der Waals surface area contributed by atoms with Gasteiger partial charge in [-0.05, 0) is 19.1 Å². The molecule has 4 nitrogen and oxygen atoms in total. The van der Waals surface area contributed by atoms with Crippen molar-refractivity contribution in [3.8, 4) is 11.4 Å². The molecule has 21 heavy (non-hydrogen) atoms. The third-order valence-corrected chi connectivity index (χ3v) is 4.54. The SMILES string of the molecule is CC(CSC(C)(C)C)Nc1cccc(-c2nncn2C)c1. The van der Waals surface area contributed by atoms with Crippen LogP contribution in [0, 0.1) is 0 Å². The molecule has 0 radical (unpaired) electrons. The van der Waals surface area contributed by atoms with Crippen LogP contribution in [0.5, 0.6) is 0 Å². The van der Waals surface area contributed by atoms with Crippen LogP contribution in [0.4, 0.5) is 5.69 Å². The number of benzene rings is 1. The molecule has 5 heteroatoms. The molecule has 0 amide bonds. The van der Waals surface area contributed by atoms with E-state index in [-0.39, 0.29) is 0 Å². The van der Waals surface area contributed by atoms with Crippen molar-refractivity contribution in [3.05, 3.63) is 30.6 Å². The number of hydrogen-bond acceptors (Lipinski definition) is 4. The first kappa shape index (κ1) is 15.9. The molecule has 114 valence electrons. The Morgan fingerprint density at radius 1 is 1.33 bits per heavy atom. The van der Waals surface area contributed by atoms with Gasteiger partial charge in [-0.15, -0.1) is 10.2 Å². The van der Waals surface area contributed by atoms with Crippen molar-refractivity contribution in [2.45, 2.75) is 38.5 Å². The second-order valence-electron chi connectivity index (χ2n) is 6.32. The standard InChI is InChI=1S/C16H24N4S/c1-12(10-21-16(2,3)4)18-14-8-6-7-13(9-14)15-19-17-11-20(15)5/h6-9,11-12,18H,10H2,1-5H3. The summed E-state index contributed by atoms with van der Waals surface area (Å²) in [7, 11) is 1.96. The van der Waals surface area contributed by atoms with Gasteiger partial charge in [-0.3, -0.25) is 0 Å². The van der Waals surface area contributed by atoms with E-state index in [9.17, 15) is 0 Å². The zero-order valence-electron chi connectivity index (χ0n) is 13.4. The van der Waals surface area contributed by atoms with E-state index in [1.165, 1.54) is 0 Å². The van der Waals surface area contributed by atoms with Gasteiger partial charge in [0.1, 0.15) is 6.33 Å². The van der Waals surface area contributed by atoms with E-state index in [2.05, 4.69) is 67.5 Å². The van der Waals surface area contributed by atoms with Crippen LogP contribution < -0.4 is 5.32 Å². The predicted molar refractivity (Wildman–Crippen MR) is 91.7 cm³/mol. The molecule has 0 aliphatic rings. The summed E-state index contributed by atoms with van der Waals surface area (Å²) in [5.41, 5.74) is 2.20. The van der Waals surface area contributed by atoms with Crippen LogP contribution in [-0.4, -0.2) is 31.3 Å². The van der Waals surface area contributed by atoms with Crippen LogP contribution in [0.2, 0.25) is 0 Å². The predicted octanol–water partition coefficient (Wildman–Crippen LogP) is 3.81. The monoisotopic (exact) mass is 304 g/mol. The maximum absolute atomic E-state index is 4.16. The molecule has 1 heterocycles. The fourth-order valence-corrected chi connectivity index (χ4v) is 2.83. The fraction of sp³-hybridized carbons (Fsp3) is 0.500. The Morgan fingerprint density at radius 3 is 2.71 bits per heavy atom. The van der Waals surface area contributed by atoms with E-state index in [0.29, 0.717) is 10.8 Å². The van der Waals surface area contributed by atoms with Gasteiger partial charge >= 0.3 is 0 Å². The number of hydrogen-bond donors (Lipinski definition) is 1. The highest BCUT2D eigenvalue weighted by molar-refractivity contribution is 8.00. The zero-order valence-corrected chi connectivity index (χ0v) is 14.2. The second kappa shape index (κ2) is 6.52. The highest BCUT2D eigenvalue weighted by atomic mass is 32.2. The van der Waals surface area contributed by atoms with Gasteiger partial charge in [0.05, 0.1) is 0 Å². The first-order valence-electron chi connectivity index (χ1n) is 7.20. The van der Waals surface area contributed by atoms with Crippen molar-refractivity contribution in [1.82, 2.24) is 14.8 Å². The summed E-state index contributed by atoms with van der Waals surface area (Å²) >= 11 is 1.98. The number of rotatable bonds is 5. The quantitative estimate of drug-likeness (QED) is 0.912. The maximum Gasteiger partial charge on any atom is 0.163 e. The van der Waals surface area contributed by atoms with Crippen LogP contribution >= 0.6 is 11.8 Å². The summed E-state index contributed by atoms with van der Waals surface area (Å²) in [6.45, 7) is 8.96. The van der Waals surface area contributed by atoms with Gasteiger partial charge in [0.2, 0.25) is 0 Å². The molecule has 1 aromatic heterocycles. The topological polar surface area (TPSA) is 42.7 Å². The van der Waals surface area contributed by atoms with Gasteiger partial charge in [0, 0.05) is 34.8 Å². The molecule has 0 aliphatic heterocycles. The third kappa shape index (κ3) is 4.77. The van der Waals surface area contributed by atoms with E-state index in [0.717, 1.165) is 22.8 Å². The summed E-state index contributed by atoms with van der Waals surface area (Å²) < 4.78 is 2.23. The molecule has 2 rings (SSSR count). The highest BCUT2D eigenvalue weighted by Gasteiger charge is 2.13. The van der Waals surface area contributed by atoms with Gasteiger partial charge in [0.15, 0.2) is 5.82 Å². The lowest BCUT2D eigenvalue weighted by Crippen LogP contribution is -2.21. The first-order chi connectivity index (χ1) is 9.85. The molecule has 0 saturated heterocycles. The maximum atomic E-state index is 4.16. The number of nitrogens with one attached hydrogen (secondary N) is 1. The van der Waals surface area contributed by atoms with Gasteiger partial charge in [0.25, 0.3) is 0 Å². The molecule has 0 aliphatic carbocycles. The van der Waals surface area contributed by atoms with E-state index in [4.69, 9.17) is 0 Å². The minimum absolute atomic E-state index is 0.302. The van der Waals surface area contributed by atoms with Crippen LogP contribution in [0.3, 0.4) is 0 Å². The summed E-state index contributed by atoms with van der Waals surface area (Å²) in [5.74, 6) is 1.97. The average molecular weight is 304 g/mol. The Kier molecular flexibility index (Phi) is 4.93. The first-order valence-corrected chi connectivity index (χ1v) is 8.18. The van der Waals surface area contributed by atoms with Crippen LogP contribution in [0.1, 0.15) is 27.7 Å². The smallest absolute Gasteiger partial charge is 0.163 e. The molecule has 1 aromatic carbocycles. The number of anilines is 1. The van der Waals surface area contributed by atoms with Crippen LogP contribution in [0.15, 0.2) is 30.6 Å². The summed E-state index contributed by atoms with van der Waals surface area (Å²) in [6.07, 6.45) is 1.72. The van der Waals surface area contributed by atoms with E-state index < -0.39 is 0 Å². The Balaban J connectivity index is 2.03. The Hall–Kier alpha value is -1.49. The number of aromatic nitrogens is 3. The third-order valence-electron chi connectivity index (χ3n) is 3.01. The molecular weight excluding hydrogens is 280 g/mol. The molecular formula is C16H24N4S. The van der Waals surface area contributed by atoms with E-state index in [1.54, 1.807) is 6.33 Å². The zero-order chi connectivity index (χ0) is 15.5. The van der Waals surface area contributed by atoms with E-state index in [1.807, 2.05) is 23.4 Å². The normalized spacial score (nSPS) is 13.2. The van der Waals surface area contributed by atoms with Gasteiger partial charge < -0.3 is 9.88 Å². The van der Waals surface area contributed by atoms with Crippen molar-refractivity contribution in [2.24, 2.45) is 7.05 Å². The Morgan fingerprint density at radius 2 is 2.10 bits per heavy atom. The lowest BCUT2D eigenvalue weighted by molar-refractivity contribution is 0.794. The lowest BCUT2D eigenvalue weighted by Gasteiger charge is -2.22. The summed E-state index contributed by atoms with van der Waals surface area (Å²) in [6, 6.07) is 8.75. The van der Waals surface area contributed by atoms with Crippen molar-refractivity contribution >= 4 is 17.4 Å². The number of aryl methyl sites for hydroxylation is 1. The number of thioether (sulfide) groups is 1. The fourth-order valence-electron chi connectivity index (χ4n) is 1.99. The summed E-state index contributed by atoms with van der Waals surface area (Å²) in [5, 5.41) is 11.6. The molecule has 1 unspecified atom stereocenters. The van der Waals surface area contributed by atoms with E-state index >= 15 is 0 Å². The molecule has 0 bridgehead atoms. The Labute approximate surface area is 131 Å². The minimum atomic E-state index is 0.302. The van der Waals surface area contributed by atoms with Crippen molar-refractivity contribution in [3.63, 3.8) is 0 Å². The van der Waals surface area contributed by atoms with Gasteiger partial charge in [-0.1, -0.05) is 32.9 Å². The van der Waals surface area contributed by atoms with Gasteiger partial charge in [-0.25, -0.2) is 0 Å². The van der Waals surface area contributed by atoms with Crippen molar-refractivity contribution < 1.29 is 0 Å². The molecule has 2 aromatic rings. The van der Waals surface area contributed by atoms with Crippen molar-refractivity contribution in [1.29, 1.82) is 0 Å².